The third-order valence-electron chi connectivity index (χ3n) is 4.31. The normalized spacial score (nSPS) is 28.4. The Kier molecular flexibility index (Phi) is 4.63. The van der Waals surface area contributed by atoms with Crippen LogP contribution >= 0.6 is 0 Å². The van der Waals surface area contributed by atoms with Crippen molar-refractivity contribution in [3.8, 4) is 0 Å². The lowest BCUT2D eigenvalue weighted by Crippen LogP contribution is -2.50. The maximum Gasteiger partial charge on any atom is 0.334 e. The molecule has 0 spiro atoms. The Labute approximate surface area is 112 Å². The van der Waals surface area contributed by atoms with Crippen molar-refractivity contribution in [2.24, 2.45) is 11.8 Å². The van der Waals surface area contributed by atoms with Crippen LogP contribution in [0.2, 0.25) is 0 Å². The van der Waals surface area contributed by atoms with Crippen LogP contribution < -0.4 is 5.32 Å². The smallest absolute Gasteiger partial charge is 0.334 e. The maximum absolute atomic E-state index is 11.9. The quantitative estimate of drug-likeness (QED) is 0.702. The molecule has 2 fully saturated rings. The second-order valence-electron chi connectivity index (χ2n) is 5.58. The summed E-state index contributed by atoms with van der Waals surface area (Å²) in [7, 11) is 0. The summed E-state index contributed by atoms with van der Waals surface area (Å²) in [5.74, 6) is 0.0337. The number of amides is 2. The molecule has 1 aliphatic heterocycles. The number of rotatable bonds is 3. The third kappa shape index (κ3) is 3.59. The molecule has 2 amide bonds. The van der Waals surface area contributed by atoms with Gasteiger partial charge in [-0.15, -0.1) is 0 Å². The fraction of sp³-hybridized carbons (Fsp3) is 0.846. The fourth-order valence-electron chi connectivity index (χ4n) is 3.17. The average Bonchev–Trinajstić information content (AvgIpc) is 2.43. The number of piperidine rings is 1. The van der Waals surface area contributed by atoms with Crippen molar-refractivity contribution in [1.29, 1.82) is 0 Å². The Bertz CT molecular complexity index is 348. The van der Waals surface area contributed by atoms with Crippen LogP contribution in [0.5, 0.6) is 0 Å². The molecule has 108 valence electrons. The monoisotopic (exact) mass is 270 g/mol. The Balaban J connectivity index is 1.78. The van der Waals surface area contributed by atoms with Crippen molar-refractivity contribution in [1.82, 2.24) is 10.2 Å². The molecule has 0 radical (unpaired) electrons. The molecule has 3 N–H and O–H groups in total. The van der Waals surface area contributed by atoms with E-state index in [4.69, 9.17) is 10.2 Å². The lowest BCUT2D eigenvalue weighted by Gasteiger charge is -2.41. The van der Waals surface area contributed by atoms with E-state index >= 15 is 0 Å². The zero-order valence-corrected chi connectivity index (χ0v) is 11.0. The Morgan fingerprint density at radius 3 is 2.58 bits per heavy atom. The number of nitrogens with zero attached hydrogens (tertiary/aromatic N) is 1. The fourth-order valence-corrected chi connectivity index (χ4v) is 3.17. The van der Waals surface area contributed by atoms with Gasteiger partial charge in [-0.05, 0) is 24.7 Å². The molecule has 6 nitrogen and oxygen atoms in total. The Morgan fingerprint density at radius 1 is 1.21 bits per heavy atom. The highest BCUT2D eigenvalue weighted by Gasteiger charge is 2.33. The van der Waals surface area contributed by atoms with Gasteiger partial charge in [0.05, 0.1) is 6.54 Å². The minimum Gasteiger partial charge on any atom is -0.479 e. The van der Waals surface area contributed by atoms with Crippen LogP contribution in [0.4, 0.5) is 4.79 Å². The summed E-state index contributed by atoms with van der Waals surface area (Å²) in [4.78, 5) is 24.1. The number of likely N-dealkylation sites (tertiary alicyclic amines) is 1. The van der Waals surface area contributed by atoms with Gasteiger partial charge in [0.1, 0.15) is 0 Å². The zero-order chi connectivity index (χ0) is 13.8. The van der Waals surface area contributed by atoms with Gasteiger partial charge >= 0.3 is 12.0 Å². The number of carbonyl (C=O) groups excluding carboxylic acids is 1. The lowest BCUT2D eigenvalue weighted by atomic mass is 9.75. The molecule has 0 bridgehead atoms. The van der Waals surface area contributed by atoms with Gasteiger partial charge in [-0.25, -0.2) is 9.59 Å². The van der Waals surface area contributed by atoms with E-state index in [0.717, 1.165) is 25.4 Å². The SMILES string of the molecule is O=C(O)[C@@H](O)CNC(=O)N1CCC2CCCCC2C1. The topological polar surface area (TPSA) is 89.9 Å². The van der Waals surface area contributed by atoms with E-state index in [1.807, 2.05) is 0 Å². The Hall–Kier alpha value is -1.30. The maximum atomic E-state index is 11.9. The summed E-state index contributed by atoms with van der Waals surface area (Å²) in [5.41, 5.74) is 0. The number of hydrogen-bond acceptors (Lipinski definition) is 3. The molecule has 3 atom stereocenters. The molecule has 19 heavy (non-hydrogen) atoms. The number of hydrogen-bond donors (Lipinski definition) is 3. The van der Waals surface area contributed by atoms with Crippen molar-refractivity contribution >= 4 is 12.0 Å². The third-order valence-corrected chi connectivity index (χ3v) is 4.31. The largest absolute Gasteiger partial charge is 0.479 e. The predicted octanol–water partition coefficient (Wildman–Crippen LogP) is 0.654. The number of fused-ring (bicyclic) bond motifs is 1. The van der Waals surface area contributed by atoms with Gasteiger partial charge in [-0.2, -0.15) is 0 Å². The molecule has 0 aromatic rings. The average molecular weight is 270 g/mol. The first-order valence-electron chi connectivity index (χ1n) is 7.01. The highest BCUT2D eigenvalue weighted by molar-refractivity contribution is 5.76. The number of aliphatic carboxylic acids is 1. The van der Waals surface area contributed by atoms with Gasteiger partial charge in [0, 0.05) is 13.1 Å². The summed E-state index contributed by atoms with van der Waals surface area (Å²) < 4.78 is 0. The van der Waals surface area contributed by atoms with Crippen LogP contribution in [0, 0.1) is 11.8 Å². The minimum absolute atomic E-state index is 0.237. The van der Waals surface area contributed by atoms with Gasteiger partial charge in [0.15, 0.2) is 6.10 Å². The first-order valence-corrected chi connectivity index (χ1v) is 7.01. The van der Waals surface area contributed by atoms with Crippen LogP contribution in [-0.4, -0.2) is 52.9 Å². The zero-order valence-electron chi connectivity index (χ0n) is 11.0. The van der Waals surface area contributed by atoms with Crippen molar-refractivity contribution in [3.63, 3.8) is 0 Å². The second-order valence-corrected chi connectivity index (χ2v) is 5.58. The minimum atomic E-state index is -1.53. The molecule has 2 rings (SSSR count). The lowest BCUT2D eigenvalue weighted by molar-refractivity contribution is -0.146. The van der Waals surface area contributed by atoms with Crippen LogP contribution in [0.3, 0.4) is 0 Å². The first kappa shape index (κ1) is 14.1. The number of aliphatic hydroxyl groups excluding tert-OH is 1. The van der Waals surface area contributed by atoms with Gasteiger partial charge in [-0.3, -0.25) is 0 Å². The number of urea groups is 1. The molecular formula is C13H22N2O4. The number of carboxylic acids is 1. The van der Waals surface area contributed by atoms with Gasteiger partial charge < -0.3 is 20.4 Å². The molecule has 6 heteroatoms. The van der Waals surface area contributed by atoms with E-state index in [0.29, 0.717) is 5.92 Å². The van der Waals surface area contributed by atoms with Crippen molar-refractivity contribution < 1.29 is 19.8 Å². The molecule has 2 aliphatic rings. The summed E-state index contributed by atoms with van der Waals surface area (Å²) >= 11 is 0. The highest BCUT2D eigenvalue weighted by Crippen LogP contribution is 2.35. The number of carboxylic acid groups (broad SMARTS) is 1. The molecule has 1 aliphatic carbocycles. The predicted molar refractivity (Wildman–Crippen MR) is 68.7 cm³/mol. The van der Waals surface area contributed by atoms with E-state index in [-0.39, 0.29) is 12.6 Å². The van der Waals surface area contributed by atoms with Crippen molar-refractivity contribution in [2.45, 2.75) is 38.2 Å². The van der Waals surface area contributed by atoms with Crippen LogP contribution in [0.25, 0.3) is 0 Å². The second kappa shape index (κ2) is 6.23. The van der Waals surface area contributed by atoms with E-state index in [1.165, 1.54) is 25.7 Å². The van der Waals surface area contributed by atoms with Crippen molar-refractivity contribution in [3.05, 3.63) is 0 Å². The van der Waals surface area contributed by atoms with E-state index < -0.39 is 12.1 Å². The standard InChI is InChI=1S/C13H22N2O4/c16-11(12(17)18)7-14-13(19)15-6-5-9-3-1-2-4-10(9)8-15/h9-11,16H,1-8H2,(H,14,19)(H,17,18)/t9?,10?,11-/m0/s1. The molecule has 1 heterocycles. The molecular weight excluding hydrogens is 248 g/mol. The van der Waals surface area contributed by atoms with Gasteiger partial charge in [0.2, 0.25) is 0 Å². The summed E-state index contributed by atoms with van der Waals surface area (Å²) in [6, 6.07) is -0.260. The van der Waals surface area contributed by atoms with E-state index in [1.54, 1.807) is 4.90 Å². The van der Waals surface area contributed by atoms with Crippen LogP contribution in [-0.2, 0) is 4.79 Å². The molecule has 1 saturated carbocycles. The van der Waals surface area contributed by atoms with Gasteiger partial charge in [-0.1, -0.05) is 19.3 Å². The van der Waals surface area contributed by atoms with Crippen LogP contribution in [0.15, 0.2) is 0 Å². The number of carbonyl (C=O) groups is 2. The number of aliphatic hydroxyl groups is 1. The van der Waals surface area contributed by atoms with Gasteiger partial charge in [0.25, 0.3) is 0 Å². The van der Waals surface area contributed by atoms with Crippen LogP contribution in [0.1, 0.15) is 32.1 Å². The molecule has 0 aromatic carbocycles. The van der Waals surface area contributed by atoms with E-state index in [9.17, 15) is 9.59 Å². The number of nitrogens with one attached hydrogen (secondary N) is 1. The summed E-state index contributed by atoms with van der Waals surface area (Å²) in [6.07, 6.45) is 4.52. The Morgan fingerprint density at radius 2 is 1.89 bits per heavy atom. The van der Waals surface area contributed by atoms with E-state index in [2.05, 4.69) is 5.32 Å². The summed E-state index contributed by atoms with van der Waals surface area (Å²) in [6.45, 7) is 1.26. The highest BCUT2D eigenvalue weighted by atomic mass is 16.4. The molecule has 1 saturated heterocycles. The molecule has 2 unspecified atom stereocenters. The summed E-state index contributed by atoms with van der Waals surface area (Å²) in [5, 5.41) is 20.2. The van der Waals surface area contributed by atoms with Crippen molar-refractivity contribution in [2.75, 3.05) is 19.6 Å². The molecule has 0 aromatic heterocycles. The first-order chi connectivity index (χ1) is 9.08.